The summed E-state index contributed by atoms with van der Waals surface area (Å²) in [6.07, 6.45) is 0.487. The first-order valence-corrected chi connectivity index (χ1v) is 14.9. The molecule has 0 radical (unpaired) electrons. The lowest BCUT2D eigenvalue weighted by molar-refractivity contribution is -0.138. The summed E-state index contributed by atoms with van der Waals surface area (Å²) in [5.41, 5.74) is 8.09. The molecule has 0 N–H and O–H groups in total. The van der Waals surface area contributed by atoms with Crippen LogP contribution in [0.4, 0.5) is 5.69 Å². The van der Waals surface area contributed by atoms with Gasteiger partial charge < -0.3 is 0 Å². The van der Waals surface area contributed by atoms with Gasteiger partial charge in [0.25, 0.3) is 0 Å². The van der Waals surface area contributed by atoms with Gasteiger partial charge in [0.05, 0.1) is 34.8 Å². The van der Waals surface area contributed by atoms with E-state index in [4.69, 9.17) is 0 Å². The van der Waals surface area contributed by atoms with Gasteiger partial charge in [-0.1, -0.05) is 90.5 Å². The highest BCUT2D eigenvalue weighted by Gasteiger charge is 2.59. The number of rotatable bonds is 3. The Morgan fingerprint density at radius 3 is 1.47 bits per heavy atom. The van der Waals surface area contributed by atoms with Gasteiger partial charge in [-0.2, -0.15) is 0 Å². The van der Waals surface area contributed by atoms with Gasteiger partial charge >= 0.3 is 0 Å². The number of carbonyl (C=O) groups is 4. The highest BCUT2D eigenvalue weighted by Crippen LogP contribution is 2.56. The van der Waals surface area contributed by atoms with E-state index in [9.17, 15) is 19.2 Å². The third-order valence-electron chi connectivity index (χ3n) is 10.4. The van der Waals surface area contributed by atoms with Crippen LogP contribution < -0.4 is 4.90 Å². The van der Waals surface area contributed by atoms with E-state index in [-0.39, 0.29) is 36.5 Å². The molecule has 2 saturated heterocycles. The number of nitrogens with zero attached hydrogens (tertiary/aromatic N) is 2. The molecule has 43 heavy (non-hydrogen) atoms. The minimum Gasteiger partial charge on any atom is -0.285 e. The highest BCUT2D eigenvalue weighted by molar-refractivity contribution is 6.22. The third kappa shape index (κ3) is 3.35. The molecule has 4 amide bonds. The lowest BCUT2D eigenvalue weighted by Gasteiger charge is -2.34. The molecule has 4 aromatic carbocycles. The lowest BCUT2D eigenvalue weighted by Crippen LogP contribution is -2.35. The zero-order valence-corrected chi connectivity index (χ0v) is 24.0. The van der Waals surface area contributed by atoms with Crippen LogP contribution in [0.3, 0.4) is 0 Å². The van der Waals surface area contributed by atoms with Crippen molar-refractivity contribution in [1.29, 1.82) is 0 Å². The molecule has 2 heterocycles. The van der Waals surface area contributed by atoms with Gasteiger partial charge in [-0.15, -0.1) is 0 Å². The number of hydrogen-bond donors (Lipinski definition) is 0. The molecule has 0 aromatic heterocycles. The first kappa shape index (κ1) is 25.8. The summed E-state index contributed by atoms with van der Waals surface area (Å²) in [4.78, 5) is 55.2. The number of aryl methyl sites for hydroxylation is 1. The topological polar surface area (TPSA) is 74.8 Å². The van der Waals surface area contributed by atoms with E-state index in [1.54, 1.807) is 0 Å². The molecule has 2 aliphatic heterocycles. The minimum absolute atomic E-state index is 0.241. The van der Waals surface area contributed by atoms with Crippen molar-refractivity contribution in [1.82, 2.24) is 4.90 Å². The van der Waals surface area contributed by atoms with Crippen LogP contribution in [0.15, 0.2) is 97.1 Å². The smallest absolute Gasteiger partial charge is 0.237 e. The zero-order chi connectivity index (χ0) is 29.6. The molecule has 1 saturated carbocycles. The molecule has 4 aromatic rings. The van der Waals surface area contributed by atoms with Crippen LogP contribution in [-0.4, -0.2) is 35.6 Å². The van der Waals surface area contributed by atoms with Crippen LogP contribution in [0.1, 0.15) is 40.7 Å². The molecule has 0 spiro atoms. The van der Waals surface area contributed by atoms with E-state index in [1.165, 1.54) is 39.8 Å². The zero-order valence-electron chi connectivity index (χ0n) is 24.0. The second-order valence-electron chi connectivity index (χ2n) is 12.4. The average Bonchev–Trinajstić information content (AvgIpc) is 3.56. The number of benzene rings is 4. The molecule has 6 nitrogen and oxygen atoms in total. The van der Waals surface area contributed by atoms with Gasteiger partial charge in [-0.05, 0) is 65.3 Å². The monoisotopic (exact) mass is 566 g/mol. The Kier molecular flexibility index (Phi) is 5.45. The Morgan fingerprint density at radius 2 is 0.977 bits per heavy atom. The van der Waals surface area contributed by atoms with E-state index in [2.05, 4.69) is 79.7 Å². The van der Waals surface area contributed by atoms with Crippen molar-refractivity contribution in [3.8, 4) is 11.1 Å². The maximum atomic E-state index is 13.7. The van der Waals surface area contributed by atoms with Crippen LogP contribution in [0.5, 0.6) is 0 Å². The largest absolute Gasteiger partial charge is 0.285 e. The normalized spacial score (nSPS) is 25.1. The molecule has 6 heteroatoms. The first-order valence-electron chi connectivity index (χ1n) is 14.9. The van der Waals surface area contributed by atoms with E-state index < -0.39 is 29.1 Å². The fourth-order valence-corrected chi connectivity index (χ4v) is 8.28. The molecule has 2 aliphatic carbocycles. The van der Waals surface area contributed by atoms with Crippen LogP contribution >= 0.6 is 0 Å². The molecule has 3 fully saturated rings. The molecule has 212 valence electrons. The Morgan fingerprint density at radius 1 is 0.558 bits per heavy atom. The van der Waals surface area contributed by atoms with E-state index in [1.807, 2.05) is 24.3 Å². The van der Waals surface area contributed by atoms with E-state index >= 15 is 0 Å². The molecular formula is C37H30N2O4. The predicted molar refractivity (Wildman–Crippen MR) is 162 cm³/mol. The van der Waals surface area contributed by atoms with Crippen molar-refractivity contribution < 1.29 is 19.2 Å². The number of amides is 4. The molecule has 8 rings (SSSR count). The summed E-state index contributed by atoms with van der Waals surface area (Å²) in [6, 6.07) is 33.5. The quantitative estimate of drug-likeness (QED) is 0.271. The summed E-state index contributed by atoms with van der Waals surface area (Å²) in [5, 5.41) is 0. The van der Waals surface area contributed by atoms with Crippen molar-refractivity contribution in [3.05, 3.63) is 125 Å². The molecule has 4 unspecified atom stereocenters. The van der Waals surface area contributed by atoms with Crippen LogP contribution in [0.2, 0.25) is 0 Å². The number of carbonyl (C=O) groups excluding carboxylic acids is 4. The number of fused-ring (bicyclic) bond motifs is 5. The van der Waals surface area contributed by atoms with Crippen molar-refractivity contribution in [2.75, 3.05) is 11.9 Å². The number of hydrogen-bond acceptors (Lipinski definition) is 4. The number of likely N-dealkylation sites (tertiary alicyclic amines) is 1. The van der Waals surface area contributed by atoms with Gasteiger partial charge in [-0.25, -0.2) is 0 Å². The summed E-state index contributed by atoms with van der Waals surface area (Å²) in [5.74, 6) is -3.23. The third-order valence-corrected chi connectivity index (χ3v) is 10.4. The first-order chi connectivity index (χ1) is 20.8. The van der Waals surface area contributed by atoms with Gasteiger partial charge in [0, 0.05) is 7.05 Å². The summed E-state index contributed by atoms with van der Waals surface area (Å²) >= 11 is 0. The summed E-state index contributed by atoms with van der Waals surface area (Å²) < 4.78 is 0. The van der Waals surface area contributed by atoms with Gasteiger partial charge in [0.1, 0.15) is 0 Å². The van der Waals surface area contributed by atoms with Crippen molar-refractivity contribution in [3.63, 3.8) is 0 Å². The molecule has 0 bridgehead atoms. The number of imide groups is 2. The molecule has 4 atom stereocenters. The average molecular weight is 567 g/mol. The second kappa shape index (κ2) is 9.08. The number of anilines is 1. The Bertz CT molecular complexity index is 1770. The van der Waals surface area contributed by atoms with Crippen LogP contribution in [0, 0.1) is 30.6 Å². The summed E-state index contributed by atoms with van der Waals surface area (Å²) in [7, 11) is 1.49. The van der Waals surface area contributed by atoms with E-state index in [0.29, 0.717) is 5.69 Å². The van der Waals surface area contributed by atoms with Crippen LogP contribution in [0.25, 0.3) is 11.1 Å². The fraction of sp³-hybridized carbons (Fsp3) is 0.243. The standard InChI is InChI=1S/C37H30N2O4/c1-21-11-13-22(14-12-21)37(31-9-5-3-7-25(31)26-8-4-6-10-32(26)37)23-15-17-24(18-16-23)39-35(42)29-19-27-28(20-30(29)36(39)43)34(41)38(2)33(27)40/h3-18,27-30H,19-20H2,1-2H3. The Hall–Kier alpha value is -4.84. The van der Waals surface area contributed by atoms with Crippen molar-refractivity contribution in [2.24, 2.45) is 23.7 Å². The lowest BCUT2D eigenvalue weighted by atomic mass is 9.67. The van der Waals surface area contributed by atoms with Crippen LogP contribution in [-0.2, 0) is 24.6 Å². The van der Waals surface area contributed by atoms with Gasteiger partial charge in [-0.3, -0.25) is 29.0 Å². The Balaban J connectivity index is 1.22. The second-order valence-corrected chi connectivity index (χ2v) is 12.4. The minimum atomic E-state index is -0.579. The van der Waals surface area contributed by atoms with Gasteiger partial charge in [0.15, 0.2) is 0 Å². The van der Waals surface area contributed by atoms with Gasteiger partial charge in [0.2, 0.25) is 23.6 Å². The summed E-state index contributed by atoms with van der Waals surface area (Å²) in [6.45, 7) is 2.08. The van der Waals surface area contributed by atoms with Crippen molar-refractivity contribution in [2.45, 2.75) is 25.2 Å². The molecule has 4 aliphatic rings. The maximum Gasteiger partial charge on any atom is 0.237 e. The van der Waals surface area contributed by atoms with E-state index in [0.717, 1.165) is 16.0 Å². The molecular weight excluding hydrogens is 536 g/mol. The maximum absolute atomic E-state index is 13.7. The van der Waals surface area contributed by atoms with Crippen molar-refractivity contribution >= 4 is 29.3 Å². The highest BCUT2D eigenvalue weighted by atomic mass is 16.2. The predicted octanol–water partition coefficient (Wildman–Crippen LogP) is 5.49. The fourth-order valence-electron chi connectivity index (χ4n) is 8.28. The Labute approximate surface area is 249 Å². The SMILES string of the molecule is Cc1ccc(C2(c3ccc(N4C(=O)C5CC6C(=O)N(C)C(=O)C6CC5C4=O)cc3)c3ccccc3-c3ccccc32)cc1.